The zero-order valence-corrected chi connectivity index (χ0v) is 17.1. The van der Waals surface area contributed by atoms with Crippen molar-refractivity contribution in [2.75, 3.05) is 25.6 Å². The van der Waals surface area contributed by atoms with Gasteiger partial charge >= 0.3 is 0 Å². The Labute approximate surface area is 178 Å². The quantitative estimate of drug-likeness (QED) is 0.510. The van der Waals surface area contributed by atoms with E-state index in [9.17, 15) is 14.4 Å². The Kier molecular flexibility index (Phi) is 6.92. The zero-order chi connectivity index (χ0) is 21.5. The third kappa shape index (κ3) is 5.30. The van der Waals surface area contributed by atoms with Crippen LogP contribution in [0.5, 0.6) is 11.5 Å². The van der Waals surface area contributed by atoms with Crippen molar-refractivity contribution in [3.05, 3.63) is 71.7 Å². The predicted octanol–water partition coefficient (Wildman–Crippen LogP) is 3.94. The minimum absolute atomic E-state index is 0.248. The molecule has 2 aromatic carbocycles. The van der Waals surface area contributed by atoms with Crippen LogP contribution in [0.1, 0.15) is 5.56 Å². The lowest BCUT2D eigenvalue weighted by molar-refractivity contribution is -0.127. The largest absolute Gasteiger partial charge is 0.497 e. The number of anilines is 1. The molecule has 0 saturated carbocycles. The first-order valence-electron chi connectivity index (χ1n) is 9.03. The highest BCUT2D eigenvalue weighted by Gasteiger charge is 2.36. The molecular formula is C22H20N2O5S. The molecule has 0 aliphatic carbocycles. The maximum Gasteiger partial charge on any atom is 0.294 e. The minimum atomic E-state index is -0.507. The number of thioether (sulfide) groups is 1. The maximum atomic E-state index is 12.6. The Bertz CT molecular complexity index is 1000. The Morgan fingerprint density at radius 3 is 2.63 bits per heavy atom. The summed E-state index contributed by atoms with van der Waals surface area (Å²) in [6, 6.07) is 13.9. The second kappa shape index (κ2) is 9.80. The van der Waals surface area contributed by atoms with Gasteiger partial charge in [0.05, 0.1) is 12.0 Å². The van der Waals surface area contributed by atoms with Gasteiger partial charge in [-0.2, -0.15) is 0 Å². The Hall–Kier alpha value is -3.52. The van der Waals surface area contributed by atoms with Gasteiger partial charge in [0.15, 0.2) is 0 Å². The number of ether oxygens (including phenoxy) is 2. The van der Waals surface area contributed by atoms with E-state index in [0.717, 1.165) is 16.7 Å². The smallest absolute Gasteiger partial charge is 0.294 e. The first-order chi connectivity index (χ1) is 14.5. The maximum absolute atomic E-state index is 12.6. The second-order valence-electron chi connectivity index (χ2n) is 6.22. The number of hydrogen-bond donors (Lipinski definition) is 1. The topological polar surface area (TPSA) is 84.9 Å². The van der Waals surface area contributed by atoms with E-state index in [1.165, 1.54) is 0 Å². The van der Waals surface area contributed by atoms with Crippen LogP contribution in [0, 0.1) is 0 Å². The fraction of sp³-hybridized carbons (Fsp3) is 0.136. The molecule has 2 aromatic rings. The van der Waals surface area contributed by atoms with Gasteiger partial charge in [-0.1, -0.05) is 24.8 Å². The molecule has 3 amide bonds. The van der Waals surface area contributed by atoms with Gasteiger partial charge in [-0.3, -0.25) is 19.3 Å². The number of methoxy groups -OCH3 is 1. The highest BCUT2D eigenvalue weighted by Crippen LogP contribution is 2.32. The molecule has 0 radical (unpaired) electrons. The monoisotopic (exact) mass is 424 g/mol. The molecule has 3 rings (SSSR count). The van der Waals surface area contributed by atoms with Crippen LogP contribution in [0.15, 0.2) is 66.1 Å². The molecule has 0 spiro atoms. The molecule has 154 valence electrons. The van der Waals surface area contributed by atoms with Gasteiger partial charge in [0.2, 0.25) is 5.91 Å². The Morgan fingerprint density at radius 1 is 1.17 bits per heavy atom. The normalized spacial score (nSPS) is 14.7. The SMILES string of the molecule is C=CCOc1cccc(/C=C2/SC(=O)N(CC(=O)Nc3ccc(OC)cc3)C2=O)c1. The number of rotatable bonds is 8. The fourth-order valence-electron chi connectivity index (χ4n) is 2.66. The van der Waals surface area contributed by atoms with Gasteiger partial charge in [-0.05, 0) is 59.8 Å². The summed E-state index contributed by atoms with van der Waals surface area (Å²) in [5.74, 6) is 0.306. The molecule has 1 fully saturated rings. The molecule has 1 N–H and O–H groups in total. The van der Waals surface area contributed by atoms with Gasteiger partial charge in [-0.15, -0.1) is 0 Å². The van der Waals surface area contributed by atoms with Crippen molar-refractivity contribution in [2.45, 2.75) is 0 Å². The Balaban J connectivity index is 1.65. The summed E-state index contributed by atoms with van der Waals surface area (Å²) in [7, 11) is 1.55. The van der Waals surface area contributed by atoms with Crippen molar-refractivity contribution in [2.24, 2.45) is 0 Å². The lowest BCUT2D eigenvalue weighted by Gasteiger charge is -2.12. The highest BCUT2D eigenvalue weighted by atomic mass is 32.2. The van der Waals surface area contributed by atoms with E-state index in [2.05, 4.69) is 11.9 Å². The molecule has 1 aliphatic rings. The summed E-state index contributed by atoms with van der Waals surface area (Å²) in [6.45, 7) is 3.60. The third-order valence-corrected chi connectivity index (χ3v) is 4.98. The van der Waals surface area contributed by atoms with E-state index >= 15 is 0 Å². The van der Waals surface area contributed by atoms with Gasteiger partial charge in [-0.25, -0.2) is 0 Å². The van der Waals surface area contributed by atoms with Crippen LogP contribution < -0.4 is 14.8 Å². The summed E-state index contributed by atoms with van der Waals surface area (Å²) in [5, 5.41) is 2.17. The third-order valence-electron chi connectivity index (χ3n) is 4.07. The van der Waals surface area contributed by atoms with Crippen LogP contribution in [0.25, 0.3) is 6.08 Å². The van der Waals surface area contributed by atoms with E-state index < -0.39 is 17.1 Å². The van der Waals surface area contributed by atoms with Gasteiger partial charge in [0.1, 0.15) is 24.7 Å². The fourth-order valence-corrected chi connectivity index (χ4v) is 3.49. The highest BCUT2D eigenvalue weighted by molar-refractivity contribution is 8.18. The van der Waals surface area contributed by atoms with Crippen molar-refractivity contribution in [3.63, 3.8) is 0 Å². The van der Waals surface area contributed by atoms with Crippen molar-refractivity contribution in [3.8, 4) is 11.5 Å². The van der Waals surface area contributed by atoms with Gasteiger partial charge in [0, 0.05) is 5.69 Å². The molecule has 1 heterocycles. The molecule has 8 heteroatoms. The number of nitrogens with one attached hydrogen (secondary N) is 1. The molecule has 0 unspecified atom stereocenters. The summed E-state index contributed by atoms with van der Waals surface area (Å²) in [4.78, 5) is 38.3. The van der Waals surface area contributed by atoms with Crippen LogP contribution >= 0.6 is 11.8 Å². The lowest BCUT2D eigenvalue weighted by Crippen LogP contribution is -2.36. The summed E-state index contributed by atoms with van der Waals surface area (Å²) >= 11 is 0.799. The lowest BCUT2D eigenvalue weighted by atomic mass is 10.2. The molecule has 30 heavy (non-hydrogen) atoms. The average Bonchev–Trinajstić information content (AvgIpc) is 3.00. The predicted molar refractivity (Wildman–Crippen MR) is 116 cm³/mol. The van der Waals surface area contributed by atoms with Crippen LogP contribution in [-0.2, 0) is 9.59 Å². The van der Waals surface area contributed by atoms with Crippen LogP contribution in [-0.4, -0.2) is 42.2 Å². The molecule has 1 aliphatic heterocycles. The first kappa shape index (κ1) is 21.2. The van der Waals surface area contributed by atoms with Crippen molar-refractivity contribution < 1.29 is 23.9 Å². The number of benzene rings is 2. The van der Waals surface area contributed by atoms with Gasteiger partial charge < -0.3 is 14.8 Å². The van der Waals surface area contributed by atoms with Crippen molar-refractivity contribution >= 4 is 40.6 Å². The first-order valence-corrected chi connectivity index (χ1v) is 9.85. The molecule has 0 atom stereocenters. The second-order valence-corrected chi connectivity index (χ2v) is 7.21. The van der Waals surface area contributed by atoms with E-state index in [-0.39, 0.29) is 11.4 Å². The number of imide groups is 1. The summed E-state index contributed by atoms with van der Waals surface area (Å²) in [6.07, 6.45) is 3.24. The Morgan fingerprint density at radius 2 is 1.93 bits per heavy atom. The van der Waals surface area contributed by atoms with Crippen molar-refractivity contribution in [1.29, 1.82) is 0 Å². The summed E-state index contributed by atoms with van der Waals surface area (Å²) < 4.78 is 10.5. The van der Waals surface area contributed by atoms with Crippen LogP contribution in [0.4, 0.5) is 10.5 Å². The molecular weight excluding hydrogens is 404 g/mol. The number of carbonyl (C=O) groups is 3. The average molecular weight is 424 g/mol. The number of carbonyl (C=O) groups excluding carboxylic acids is 3. The standard InChI is InChI=1S/C22H20N2O5S/c1-3-11-29-18-6-4-5-15(12-18)13-19-21(26)24(22(27)30-19)14-20(25)23-16-7-9-17(28-2)10-8-16/h3-10,12-13H,1,11,14H2,2H3,(H,23,25)/b19-13+. The summed E-state index contributed by atoms with van der Waals surface area (Å²) in [5.41, 5.74) is 1.25. The number of amides is 3. The van der Waals surface area contributed by atoms with E-state index in [1.807, 2.05) is 0 Å². The van der Waals surface area contributed by atoms with Crippen LogP contribution in [0.2, 0.25) is 0 Å². The van der Waals surface area contributed by atoms with Gasteiger partial charge in [0.25, 0.3) is 11.1 Å². The van der Waals surface area contributed by atoms with Crippen LogP contribution in [0.3, 0.4) is 0 Å². The zero-order valence-electron chi connectivity index (χ0n) is 16.3. The number of hydrogen-bond acceptors (Lipinski definition) is 6. The number of nitrogens with zero attached hydrogens (tertiary/aromatic N) is 1. The molecule has 0 bridgehead atoms. The van der Waals surface area contributed by atoms with E-state index in [1.54, 1.807) is 67.8 Å². The molecule has 1 saturated heterocycles. The molecule has 7 nitrogen and oxygen atoms in total. The van der Waals surface area contributed by atoms with E-state index in [0.29, 0.717) is 29.4 Å². The van der Waals surface area contributed by atoms with E-state index in [4.69, 9.17) is 9.47 Å². The minimum Gasteiger partial charge on any atom is -0.497 e. The van der Waals surface area contributed by atoms with Crippen molar-refractivity contribution in [1.82, 2.24) is 4.90 Å². The molecule has 0 aromatic heterocycles.